The molecule has 4 saturated heterocycles. The number of carbonyl (C=O) groups excluding carboxylic acids is 11. The molecular weight excluding hydrogens is 1600 g/mol. The Bertz CT molecular complexity index is 4550. The largest absolute Gasteiger partial charge is 0.508 e. The van der Waals surface area contributed by atoms with Gasteiger partial charge in [-0.25, -0.2) is 9.59 Å². The second-order valence-corrected chi connectivity index (χ2v) is 35.3. The van der Waals surface area contributed by atoms with Crippen molar-refractivity contribution < 1.29 is 91.7 Å². The van der Waals surface area contributed by atoms with Gasteiger partial charge in [-0.15, -0.1) is 0 Å². The van der Waals surface area contributed by atoms with Crippen molar-refractivity contribution in [1.82, 2.24) is 46.3 Å². The molecule has 6 heterocycles. The van der Waals surface area contributed by atoms with Gasteiger partial charge in [-0.1, -0.05) is 131 Å². The van der Waals surface area contributed by atoms with Crippen LogP contribution in [0.2, 0.25) is 5.02 Å². The van der Waals surface area contributed by atoms with E-state index in [1.807, 2.05) is 37.3 Å². The van der Waals surface area contributed by atoms with Crippen LogP contribution in [0.1, 0.15) is 134 Å². The van der Waals surface area contributed by atoms with Crippen molar-refractivity contribution in [3.05, 3.63) is 148 Å². The highest BCUT2D eigenvalue weighted by atomic mass is 35.5. The number of anilines is 1. The number of allylic oxidation sites excluding steroid dienone is 3. The zero-order chi connectivity index (χ0) is 86.9. The number of para-hydroxylation sites is 1. The normalized spacial score (nSPS) is 27.3. The number of rotatable bonds is 24. The number of Topliss-reactive ketones (excluding diaryl/α,β-unsaturated/α-hetero) is 1. The van der Waals surface area contributed by atoms with Crippen LogP contribution in [0.25, 0.3) is 10.9 Å². The number of esters is 1. The van der Waals surface area contributed by atoms with Crippen molar-refractivity contribution >= 4 is 115 Å². The molecule has 0 saturated carbocycles. The Balaban J connectivity index is 0.805. The van der Waals surface area contributed by atoms with Crippen molar-refractivity contribution in [2.75, 3.05) is 65.6 Å². The maximum atomic E-state index is 15.4. The molecular formula is C87H114ClN11O19S2. The highest BCUT2D eigenvalue weighted by Gasteiger charge is 2.64. The molecule has 5 aliphatic heterocycles. The summed E-state index contributed by atoms with van der Waals surface area (Å²) in [6, 6.07) is 17.2. The van der Waals surface area contributed by atoms with E-state index in [0.29, 0.717) is 79.1 Å². The van der Waals surface area contributed by atoms with Gasteiger partial charge in [0.25, 0.3) is 0 Å². The Labute approximate surface area is 712 Å². The molecule has 0 aliphatic carbocycles. The number of phenolic OH excluding ortho intramolecular Hbond substituents is 1. The van der Waals surface area contributed by atoms with E-state index in [2.05, 4.69) is 31.6 Å². The van der Waals surface area contributed by atoms with Gasteiger partial charge in [-0.3, -0.25) is 48.5 Å². The molecule has 4 fully saturated rings. The number of nitrogens with one attached hydrogen (secondary N) is 6. The number of benzene rings is 4. The number of methoxy groups -OCH3 is 2. The highest BCUT2D eigenvalue weighted by Crippen LogP contribution is 2.50. The third-order valence-corrected chi connectivity index (χ3v) is 26.9. The Hall–Kier alpha value is -9.54. The second-order valence-electron chi connectivity index (χ2n) is 32.2. The summed E-state index contributed by atoms with van der Waals surface area (Å²) in [5.74, 6) is -7.49. The standard InChI is InChI=1S/C87H114ClN11O19S2/c1-50-19-18-25-72(115-10)87(113)48-70(116-85(112)95-87)51(2)78-86(5,118-78)71(31-33-73(103)97(7)67-44-56(41-50)45-69(114-9)76(67)88)117-84(111)52(3)96(6)74(104)36-40-119-120-60-34-38-99(39-35-60)75(105)32-30-66-81(108)92-64(42-55-26-28-59(101)29-27-55)80(107)91-63(46-58-49-90-62-24-15-14-23-61(58)62)68(102)47-57(22-16-17-37-89)79(106)94-77(53(4)100)82(109)93-65(83(110)98(66)8)43-54-20-12-11-13-21-54/h11-15,18-21,23-29,44-45,49,51-53,57,60,63-66,70-72,77-78,90,100-101,113H,16-17,22,30-43,46-48,89H2,1-10H3,(H,91,107)(H,92,108)(H,93,109)(H,94,106)(H,95,112)/b25-18+,50-19+/t51-,52+,53-,57-,63-,64+,65+,66+,70+,71+,72-,77+,78+,86+,87+/m1/s1. The van der Waals surface area contributed by atoms with Crippen molar-refractivity contribution in [2.24, 2.45) is 17.6 Å². The smallest absolute Gasteiger partial charge is 0.409 e. The van der Waals surface area contributed by atoms with Gasteiger partial charge in [-0.05, 0) is 132 Å². The third kappa shape index (κ3) is 23.8. The van der Waals surface area contributed by atoms with E-state index < -0.39 is 144 Å². The first-order valence-electron chi connectivity index (χ1n) is 40.9. The van der Waals surface area contributed by atoms with E-state index in [1.54, 1.807) is 116 Å². The summed E-state index contributed by atoms with van der Waals surface area (Å²) < 4.78 is 29.9. The number of amides is 9. The summed E-state index contributed by atoms with van der Waals surface area (Å²) in [5.41, 5.74) is 7.32. The van der Waals surface area contributed by atoms with Crippen LogP contribution in [0, 0.1) is 11.8 Å². The molecule has 33 heteroatoms. The quantitative estimate of drug-likeness (QED) is 0.0126. The molecule has 9 amide bonds. The van der Waals surface area contributed by atoms with Gasteiger partial charge in [0, 0.05) is 133 Å². The lowest BCUT2D eigenvalue weighted by Gasteiger charge is -2.42. The van der Waals surface area contributed by atoms with Crippen LogP contribution in [0.5, 0.6) is 11.5 Å². The number of carbonyl (C=O) groups is 11. The monoisotopic (exact) mass is 1720 g/mol. The van der Waals surface area contributed by atoms with Gasteiger partial charge in [0.05, 0.1) is 31.0 Å². The van der Waals surface area contributed by atoms with Gasteiger partial charge in [0.15, 0.2) is 11.5 Å². The van der Waals surface area contributed by atoms with Crippen LogP contribution in [-0.4, -0.2) is 244 Å². The summed E-state index contributed by atoms with van der Waals surface area (Å²) in [4.78, 5) is 170. The molecule has 15 atom stereocenters. The number of aromatic nitrogens is 1. The molecule has 0 radical (unpaired) electrons. The SMILES string of the molecule is COc1cc2cc(c1Cl)N(C)C(=O)CC[C@H](OC(=O)[C@H](C)N(C)C(=O)CCSSC1CCN(C(=O)CC[C@H]3C(=O)N[C@@H](Cc4ccc(O)cc4)C(=O)N[C@H](Cc4c[nH]c5ccccc45)C(=O)C[C@@H](CCCCN)C(=O)N[C@@H]([C@@H](C)O)C(=O)N[C@@H](Cc4ccccc4)C(=O)N3C)CC1)[C@]1(C)O[C@H]1[C@H](C)[C@@H]1C[C@@](O)(NC(=O)O1)[C@H](OC)/C=C/C=C(\C)C2. The number of phenols is 1. The Morgan fingerprint density at radius 3 is 2.20 bits per heavy atom. The summed E-state index contributed by atoms with van der Waals surface area (Å²) in [5, 5.41) is 48.4. The average molecular weight is 1720 g/mol. The number of H-pyrrole nitrogens is 1. The number of ether oxygens (including phenoxy) is 5. The van der Waals surface area contributed by atoms with Gasteiger partial charge in [0.1, 0.15) is 70.6 Å². The number of epoxide rings is 1. The number of likely N-dealkylation sites (N-methyl/N-ethyl adjacent to an activating group) is 2. The van der Waals surface area contributed by atoms with Crippen LogP contribution in [0.4, 0.5) is 10.5 Å². The predicted octanol–water partition coefficient (Wildman–Crippen LogP) is 7.23. The van der Waals surface area contributed by atoms with E-state index in [1.165, 1.54) is 68.0 Å². The fraction of sp³-hybridized carbons (Fsp3) is 0.529. The summed E-state index contributed by atoms with van der Waals surface area (Å²) in [6.45, 7) is 9.21. The van der Waals surface area contributed by atoms with Gasteiger partial charge < -0.3 is 90.6 Å². The van der Waals surface area contributed by atoms with Gasteiger partial charge in [-0.2, -0.15) is 0 Å². The molecule has 4 bridgehead atoms. The minimum atomic E-state index is -1.91. The van der Waals surface area contributed by atoms with Gasteiger partial charge >= 0.3 is 12.1 Å². The number of nitrogens with two attached hydrogens (primary N) is 1. The van der Waals surface area contributed by atoms with Crippen LogP contribution >= 0.6 is 33.2 Å². The lowest BCUT2D eigenvalue weighted by molar-refractivity contribution is -0.161. The maximum Gasteiger partial charge on any atom is 0.409 e. The number of aromatic hydroxyl groups is 1. The first-order chi connectivity index (χ1) is 57.2. The Kier molecular flexibility index (Phi) is 32.7. The topological polar surface area (TPSA) is 413 Å². The van der Waals surface area contributed by atoms with Crippen LogP contribution < -0.4 is 42.0 Å². The zero-order valence-corrected chi connectivity index (χ0v) is 72.0. The number of piperidine rings is 1. The first-order valence-corrected chi connectivity index (χ1v) is 43.7. The summed E-state index contributed by atoms with van der Waals surface area (Å²) in [7, 11) is 10.4. The van der Waals surface area contributed by atoms with Crippen molar-refractivity contribution in [2.45, 2.75) is 221 Å². The molecule has 5 aliphatic rings. The number of halogens is 1. The average Bonchev–Trinajstić information content (AvgIpc) is 1.57. The number of hydrogen-bond donors (Lipinski definition) is 10. The highest BCUT2D eigenvalue weighted by molar-refractivity contribution is 8.76. The molecule has 0 unspecified atom stereocenters. The van der Waals surface area contributed by atoms with Crippen LogP contribution in [0.15, 0.2) is 121 Å². The Morgan fingerprint density at radius 2 is 1.50 bits per heavy atom. The first kappa shape index (κ1) is 92.7. The molecule has 120 heavy (non-hydrogen) atoms. The van der Waals surface area contributed by atoms with Crippen LogP contribution in [0.3, 0.4) is 0 Å². The maximum absolute atomic E-state index is 15.4. The fourth-order valence-electron chi connectivity index (χ4n) is 16.0. The lowest BCUT2D eigenvalue weighted by atomic mass is 9.83. The molecule has 1 aromatic heterocycles. The number of nitrogens with zero attached hydrogens (tertiary/aromatic N) is 4. The van der Waals surface area contributed by atoms with Gasteiger partial charge in [0.2, 0.25) is 47.3 Å². The number of aliphatic hydroxyl groups excluding tert-OH is 1. The molecule has 30 nitrogen and oxygen atoms in total. The van der Waals surface area contributed by atoms with Crippen LogP contribution in [-0.2, 0) is 92.6 Å². The molecule has 10 rings (SSSR count). The van der Waals surface area contributed by atoms with E-state index in [0.717, 1.165) is 26.9 Å². The van der Waals surface area contributed by atoms with E-state index >= 15 is 19.2 Å². The minimum Gasteiger partial charge on any atom is -0.508 e. The molecule has 650 valence electrons. The number of ketones is 1. The fourth-order valence-corrected chi connectivity index (χ4v) is 19.0. The van der Waals surface area contributed by atoms with E-state index in [4.69, 9.17) is 41.0 Å². The number of fused-ring (bicyclic) bond motifs is 6. The number of aliphatic hydroxyl groups is 2. The number of likely N-dealkylation sites (tertiary alicyclic amines) is 1. The Morgan fingerprint density at radius 1 is 0.817 bits per heavy atom. The molecule has 0 spiro atoms. The van der Waals surface area contributed by atoms with Crippen molar-refractivity contribution in [1.29, 1.82) is 0 Å². The molecule has 11 N–H and O–H groups in total. The minimum absolute atomic E-state index is 0.0352. The number of alkyl carbamates (subject to hydrolysis) is 1. The lowest BCUT2D eigenvalue weighted by Crippen LogP contribution is -2.63. The van der Waals surface area contributed by atoms with Crippen molar-refractivity contribution in [3.63, 3.8) is 0 Å². The van der Waals surface area contributed by atoms with E-state index in [9.17, 15) is 48.9 Å². The molecule has 4 aromatic carbocycles. The van der Waals surface area contributed by atoms with E-state index in [-0.39, 0.29) is 104 Å². The molecule has 5 aromatic rings. The van der Waals surface area contributed by atoms with Crippen molar-refractivity contribution in [3.8, 4) is 11.5 Å². The third-order valence-electron chi connectivity index (χ3n) is 23.5. The number of aromatic amines is 1. The predicted molar refractivity (Wildman–Crippen MR) is 455 cm³/mol. The number of hydrogen-bond acceptors (Lipinski definition) is 22. The summed E-state index contributed by atoms with van der Waals surface area (Å²) >= 11 is 6.87. The zero-order valence-electron chi connectivity index (χ0n) is 69.6. The summed E-state index contributed by atoms with van der Waals surface area (Å²) in [6.07, 6.45) is 1.80. The second kappa shape index (κ2) is 42.3. The number of unbranched alkanes of at least 4 members (excludes halogenated alkanes) is 1.